The maximum atomic E-state index is 12.2. The van der Waals surface area contributed by atoms with Crippen molar-refractivity contribution in [2.75, 3.05) is 12.4 Å². The SMILES string of the molecule is COc1ccc(NC(=O)C2(C)CC(C)=NO2)c(C)n1. The highest BCUT2D eigenvalue weighted by Crippen LogP contribution is 2.26. The molecular weight excluding hydrogens is 246 g/mol. The van der Waals surface area contributed by atoms with Crippen molar-refractivity contribution in [2.45, 2.75) is 32.8 Å². The molecule has 0 saturated heterocycles. The number of nitrogens with zero attached hydrogens (tertiary/aromatic N) is 2. The van der Waals surface area contributed by atoms with Crippen LogP contribution in [0.3, 0.4) is 0 Å². The molecule has 19 heavy (non-hydrogen) atoms. The summed E-state index contributed by atoms with van der Waals surface area (Å²) >= 11 is 0. The third-order valence-electron chi connectivity index (χ3n) is 2.99. The highest BCUT2D eigenvalue weighted by Gasteiger charge is 2.40. The van der Waals surface area contributed by atoms with Crippen molar-refractivity contribution in [1.29, 1.82) is 0 Å². The predicted octanol–water partition coefficient (Wildman–Crippen LogP) is 1.89. The van der Waals surface area contributed by atoms with Crippen LogP contribution in [0.1, 0.15) is 26.0 Å². The van der Waals surface area contributed by atoms with Crippen molar-refractivity contribution in [2.24, 2.45) is 5.16 Å². The van der Waals surface area contributed by atoms with Gasteiger partial charge >= 0.3 is 0 Å². The van der Waals surface area contributed by atoms with Crippen LogP contribution in [-0.2, 0) is 9.63 Å². The van der Waals surface area contributed by atoms with Crippen molar-refractivity contribution >= 4 is 17.3 Å². The lowest BCUT2D eigenvalue weighted by Gasteiger charge is -2.20. The van der Waals surface area contributed by atoms with Crippen LogP contribution in [-0.4, -0.2) is 29.3 Å². The second-order valence-electron chi connectivity index (χ2n) is 4.77. The van der Waals surface area contributed by atoms with Gasteiger partial charge in [-0.05, 0) is 26.8 Å². The molecule has 1 aromatic rings. The molecule has 2 rings (SSSR count). The quantitative estimate of drug-likeness (QED) is 0.903. The molecule has 102 valence electrons. The molecule has 0 aromatic carbocycles. The first kappa shape index (κ1) is 13.3. The number of aryl methyl sites for hydroxylation is 1. The van der Waals surface area contributed by atoms with Crippen LogP contribution in [0, 0.1) is 6.92 Å². The normalized spacial score (nSPS) is 21.6. The van der Waals surface area contributed by atoms with E-state index in [2.05, 4.69) is 15.5 Å². The van der Waals surface area contributed by atoms with E-state index in [1.54, 1.807) is 33.1 Å². The topological polar surface area (TPSA) is 72.8 Å². The lowest BCUT2D eigenvalue weighted by molar-refractivity contribution is -0.135. The summed E-state index contributed by atoms with van der Waals surface area (Å²) in [5.74, 6) is 0.279. The van der Waals surface area contributed by atoms with E-state index in [1.807, 2.05) is 6.92 Å². The molecule has 1 N–H and O–H groups in total. The maximum absolute atomic E-state index is 12.2. The van der Waals surface area contributed by atoms with E-state index in [0.29, 0.717) is 23.7 Å². The molecule has 0 aliphatic carbocycles. The molecule has 0 bridgehead atoms. The van der Waals surface area contributed by atoms with Crippen LogP contribution in [0.2, 0.25) is 0 Å². The van der Waals surface area contributed by atoms with Gasteiger partial charge < -0.3 is 14.9 Å². The Morgan fingerprint density at radius 3 is 2.74 bits per heavy atom. The van der Waals surface area contributed by atoms with E-state index in [0.717, 1.165) is 5.71 Å². The third kappa shape index (κ3) is 2.67. The Bertz CT molecular complexity index is 542. The number of anilines is 1. The van der Waals surface area contributed by atoms with Gasteiger partial charge in [-0.1, -0.05) is 5.16 Å². The monoisotopic (exact) mass is 263 g/mol. The van der Waals surface area contributed by atoms with Gasteiger partial charge in [-0.2, -0.15) is 0 Å². The van der Waals surface area contributed by atoms with Crippen molar-refractivity contribution in [3.8, 4) is 5.88 Å². The number of hydrogen-bond donors (Lipinski definition) is 1. The van der Waals surface area contributed by atoms with Crippen molar-refractivity contribution < 1.29 is 14.4 Å². The number of hydrogen-bond acceptors (Lipinski definition) is 5. The zero-order valence-electron chi connectivity index (χ0n) is 11.5. The van der Waals surface area contributed by atoms with Gasteiger partial charge in [-0.3, -0.25) is 4.79 Å². The van der Waals surface area contributed by atoms with E-state index in [1.165, 1.54) is 0 Å². The molecule has 1 aromatic heterocycles. The number of amides is 1. The summed E-state index contributed by atoms with van der Waals surface area (Å²) in [4.78, 5) is 21.6. The summed E-state index contributed by atoms with van der Waals surface area (Å²) in [6, 6.07) is 3.45. The molecule has 1 aliphatic rings. The number of carbonyl (C=O) groups excluding carboxylic acids is 1. The van der Waals surface area contributed by atoms with Crippen LogP contribution in [0.5, 0.6) is 5.88 Å². The molecule has 1 unspecified atom stereocenters. The fourth-order valence-corrected chi connectivity index (χ4v) is 1.89. The van der Waals surface area contributed by atoms with Crippen LogP contribution in [0.25, 0.3) is 0 Å². The number of pyridine rings is 1. The minimum absolute atomic E-state index is 0.233. The Hall–Kier alpha value is -2.11. The van der Waals surface area contributed by atoms with Gasteiger partial charge in [0.25, 0.3) is 5.91 Å². The molecule has 1 atom stereocenters. The number of carbonyl (C=O) groups is 1. The van der Waals surface area contributed by atoms with Gasteiger partial charge in [-0.15, -0.1) is 0 Å². The van der Waals surface area contributed by atoms with Gasteiger partial charge in [0, 0.05) is 12.5 Å². The summed E-state index contributed by atoms with van der Waals surface area (Å²) in [5, 5.41) is 6.63. The second kappa shape index (κ2) is 4.87. The van der Waals surface area contributed by atoms with Gasteiger partial charge in [0.1, 0.15) is 0 Å². The summed E-state index contributed by atoms with van der Waals surface area (Å²) in [6.07, 6.45) is 0.488. The number of rotatable bonds is 3. The van der Waals surface area contributed by atoms with E-state index in [9.17, 15) is 4.79 Å². The molecular formula is C13H17N3O3. The molecule has 0 saturated carbocycles. The molecule has 6 heteroatoms. The molecule has 1 aliphatic heterocycles. The minimum Gasteiger partial charge on any atom is -0.481 e. The number of oxime groups is 1. The van der Waals surface area contributed by atoms with Crippen LogP contribution >= 0.6 is 0 Å². The fourth-order valence-electron chi connectivity index (χ4n) is 1.89. The maximum Gasteiger partial charge on any atom is 0.271 e. The highest BCUT2D eigenvalue weighted by atomic mass is 16.7. The molecule has 0 spiro atoms. The first-order chi connectivity index (χ1) is 8.94. The predicted molar refractivity (Wildman–Crippen MR) is 71.4 cm³/mol. The lowest BCUT2D eigenvalue weighted by atomic mass is 9.99. The number of methoxy groups -OCH3 is 1. The summed E-state index contributed by atoms with van der Waals surface area (Å²) in [7, 11) is 1.55. The Kier molecular flexibility index (Phi) is 3.42. The average Bonchev–Trinajstić information content (AvgIpc) is 2.73. The number of ether oxygens (including phenoxy) is 1. The Morgan fingerprint density at radius 2 is 2.21 bits per heavy atom. The second-order valence-corrected chi connectivity index (χ2v) is 4.77. The molecule has 1 amide bonds. The number of nitrogens with one attached hydrogen (secondary N) is 1. The zero-order valence-corrected chi connectivity index (χ0v) is 11.5. The van der Waals surface area contributed by atoms with Gasteiger partial charge in [0.15, 0.2) is 0 Å². The molecule has 0 radical (unpaired) electrons. The molecule has 0 fully saturated rings. The average molecular weight is 263 g/mol. The van der Waals surface area contributed by atoms with Crippen molar-refractivity contribution in [3.63, 3.8) is 0 Å². The van der Waals surface area contributed by atoms with E-state index < -0.39 is 5.60 Å². The van der Waals surface area contributed by atoms with Crippen LogP contribution in [0.4, 0.5) is 5.69 Å². The van der Waals surface area contributed by atoms with E-state index >= 15 is 0 Å². The van der Waals surface area contributed by atoms with Crippen molar-refractivity contribution in [1.82, 2.24) is 4.98 Å². The summed E-state index contributed by atoms with van der Waals surface area (Å²) in [6.45, 7) is 5.35. The molecule has 6 nitrogen and oxygen atoms in total. The Balaban J connectivity index is 2.11. The summed E-state index contributed by atoms with van der Waals surface area (Å²) in [5.41, 5.74) is 1.19. The first-order valence-corrected chi connectivity index (χ1v) is 5.99. The van der Waals surface area contributed by atoms with Crippen molar-refractivity contribution in [3.05, 3.63) is 17.8 Å². The van der Waals surface area contributed by atoms with Crippen LogP contribution < -0.4 is 10.1 Å². The highest BCUT2D eigenvalue weighted by molar-refractivity contribution is 6.01. The van der Waals surface area contributed by atoms with Gasteiger partial charge in [0.2, 0.25) is 11.5 Å². The van der Waals surface area contributed by atoms with E-state index in [-0.39, 0.29) is 5.91 Å². The van der Waals surface area contributed by atoms with Gasteiger partial charge in [0.05, 0.1) is 24.2 Å². The minimum atomic E-state index is -0.948. The smallest absolute Gasteiger partial charge is 0.271 e. The number of aromatic nitrogens is 1. The van der Waals surface area contributed by atoms with E-state index in [4.69, 9.17) is 9.57 Å². The van der Waals surface area contributed by atoms with Crippen LogP contribution in [0.15, 0.2) is 17.3 Å². The fraction of sp³-hybridized carbons (Fsp3) is 0.462. The first-order valence-electron chi connectivity index (χ1n) is 5.99. The standard InChI is InChI=1S/C13H17N3O3/c1-8-7-13(3,19-16-8)12(17)15-10-5-6-11(18-4)14-9(10)2/h5-6H,7H2,1-4H3,(H,15,17). The lowest BCUT2D eigenvalue weighted by Crippen LogP contribution is -2.40. The van der Waals surface area contributed by atoms with Gasteiger partial charge in [-0.25, -0.2) is 4.98 Å². The summed E-state index contributed by atoms with van der Waals surface area (Å²) < 4.78 is 5.02. The zero-order chi connectivity index (χ0) is 14.0. The Morgan fingerprint density at radius 1 is 1.47 bits per heavy atom. The molecule has 2 heterocycles. The largest absolute Gasteiger partial charge is 0.481 e. The third-order valence-corrected chi connectivity index (χ3v) is 2.99. The Labute approximate surface area is 111 Å².